The van der Waals surface area contributed by atoms with Gasteiger partial charge in [-0.05, 0) is 32.7 Å². The van der Waals surface area contributed by atoms with Crippen LogP contribution in [0.2, 0.25) is 32.7 Å². The van der Waals surface area contributed by atoms with Crippen molar-refractivity contribution in [2.75, 3.05) is 13.3 Å². The van der Waals surface area contributed by atoms with E-state index in [0.717, 1.165) is 6.23 Å². The first kappa shape index (κ1) is 11.4. The van der Waals surface area contributed by atoms with Crippen LogP contribution in [-0.2, 0) is 8.85 Å². The van der Waals surface area contributed by atoms with Crippen molar-refractivity contribution in [2.24, 2.45) is 0 Å². The van der Waals surface area contributed by atoms with E-state index in [1.165, 1.54) is 0 Å². The van der Waals surface area contributed by atoms with Gasteiger partial charge in [0.1, 0.15) is 0 Å². The van der Waals surface area contributed by atoms with E-state index in [1.54, 1.807) is 7.11 Å². The lowest BCUT2D eigenvalue weighted by atomic mass is 11.5. The fourth-order valence-corrected chi connectivity index (χ4v) is 8.77. The van der Waals surface area contributed by atoms with Crippen molar-refractivity contribution in [1.82, 2.24) is 0 Å². The molecule has 0 unspecified atom stereocenters. The largest absolute Gasteiger partial charge is 0.454 e. The van der Waals surface area contributed by atoms with E-state index < -0.39 is 16.6 Å². The lowest BCUT2D eigenvalue weighted by Gasteiger charge is -2.30. The first-order chi connectivity index (χ1) is 4.77. The molecule has 0 spiro atoms. The van der Waals surface area contributed by atoms with Gasteiger partial charge in [-0.25, -0.2) is 0 Å². The topological polar surface area (TPSA) is 18.5 Å². The minimum atomic E-state index is -1.50. The molecule has 0 radical (unpaired) electrons. The third-order valence-corrected chi connectivity index (χ3v) is 6.72. The highest BCUT2D eigenvalue weighted by Gasteiger charge is 2.29. The second-order valence-corrected chi connectivity index (χ2v) is 13.3. The molecule has 68 valence electrons. The fourth-order valence-electron chi connectivity index (χ4n) is 1.21. The summed E-state index contributed by atoms with van der Waals surface area (Å²) in [6.45, 7) is 11.1. The molecule has 0 N–H and O–H groups in total. The van der Waals surface area contributed by atoms with Crippen molar-refractivity contribution in [3.63, 3.8) is 0 Å². The third kappa shape index (κ3) is 6.74. The Morgan fingerprint density at radius 3 is 1.73 bits per heavy atom. The van der Waals surface area contributed by atoms with Crippen LogP contribution >= 0.6 is 0 Å². The van der Waals surface area contributed by atoms with Crippen LogP contribution in [0.1, 0.15) is 0 Å². The SMILES string of the molecule is COC[Si](C)(C)O[Si](C)(C)C. The first-order valence-corrected chi connectivity index (χ1v) is 10.5. The molecule has 0 fully saturated rings. The van der Waals surface area contributed by atoms with Gasteiger partial charge in [-0.15, -0.1) is 0 Å². The second-order valence-electron chi connectivity index (χ2n) is 4.41. The van der Waals surface area contributed by atoms with E-state index in [2.05, 4.69) is 32.7 Å². The molecule has 0 saturated heterocycles. The Bertz CT molecular complexity index is 118. The number of ether oxygens (including phenoxy) is 1. The molecule has 11 heavy (non-hydrogen) atoms. The third-order valence-electron chi connectivity index (χ3n) is 1.07. The Morgan fingerprint density at radius 1 is 1.00 bits per heavy atom. The Hall–Kier alpha value is 0.354. The predicted octanol–water partition coefficient (Wildman–Crippen LogP) is 2.23. The monoisotopic (exact) mass is 192 g/mol. The van der Waals surface area contributed by atoms with Crippen molar-refractivity contribution in [3.05, 3.63) is 0 Å². The van der Waals surface area contributed by atoms with Gasteiger partial charge in [-0.1, -0.05) is 0 Å². The molecule has 0 rings (SSSR count). The summed E-state index contributed by atoms with van der Waals surface area (Å²) >= 11 is 0. The molecule has 2 nitrogen and oxygen atoms in total. The zero-order valence-corrected chi connectivity index (χ0v) is 10.5. The van der Waals surface area contributed by atoms with E-state index in [-0.39, 0.29) is 0 Å². The van der Waals surface area contributed by atoms with Crippen LogP contribution in [0.4, 0.5) is 0 Å². The summed E-state index contributed by atoms with van der Waals surface area (Å²) in [5.74, 6) is 0. The van der Waals surface area contributed by atoms with Gasteiger partial charge in [-0.3, -0.25) is 0 Å². The lowest BCUT2D eigenvalue weighted by molar-refractivity contribution is 0.233. The zero-order valence-electron chi connectivity index (χ0n) is 8.52. The van der Waals surface area contributed by atoms with Gasteiger partial charge in [0.05, 0.1) is 6.23 Å². The molecule has 0 aromatic heterocycles. The average molecular weight is 192 g/mol. The molecule has 0 aromatic rings. The Balaban J connectivity index is 3.91. The molecule has 0 aliphatic heterocycles. The molecule has 0 atom stereocenters. The molecule has 0 amide bonds. The van der Waals surface area contributed by atoms with Crippen LogP contribution in [0.15, 0.2) is 0 Å². The van der Waals surface area contributed by atoms with Gasteiger partial charge in [0.15, 0.2) is 16.6 Å². The Kier molecular flexibility index (Phi) is 3.97. The van der Waals surface area contributed by atoms with Crippen molar-refractivity contribution in [1.29, 1.82) is 0 Å². The number of rotatable bonds is 4. The van der Waals surface area contributed by atoms with E-state index in [1.807, 2.05) is 0 Å². The maximum absolute atomic E-state index is 6.02. The van der Waals surface area contributed by atoms with Crippen molar-refractivity contribution >= 4 is 16.6 Å². The quantitative estimate of drug-likeness (QED) is 0.636. The highest BCUT2D eigenvalue weighted by atomic mass is 28.4. The molecule has 0 aliphatic carbocycles. The summed E-state index contributed by atoms with van der Waals surface area (Å²) in [5, 5.41) is 0. The predicted molar refractivity (Wildman–Crippen MR) is 53.8 cm³/mol. The summed E-state index contributed by atoms with van der Waals surface area (Å²) in [5.41, 5.74) is 0. The van der Waals surface area contributed by atoms with Crippen molar-refractivity contribution in [3.8, 4) is 0 Å². The molecule has 0 aliphatic rings. The number of hydrogen-bond acceptors (Lipinski definition) is 2. The summed E-state index contributed by atoms with van der Waals surface area (Å²) in [4.78, 5) is 0. The maximum Gasteiger partial charge on any atom is 0.199 e. The second kappa shape index (κ2) is 3.84. The minimum Gasteiger partial charge on any atom is -0.454 e. The van der Waals surface area contributed by atoms with Crippen LogP contribution in [0, 0.1) is 0 Å². The fraction of sp³-hybridized carbons (Fsp3) is 1.00. The minimum absolute atomic E-state index is 0.803. The Labute approximate surface area is 72.2 Å². The molecular weight excluding hydrogens is 172 g/mol. The smallest absolute Gasteiger partial charge is 0.199 e. The summed E-state index contributed by atoms with van der Waals surface area (Å²) in [6.07, 6.45) is 0.803. The highest BCUT2D eigenvalue weighted by Crippen LogP contribution is 2.13. The van der Waals surface area contributed by atoms with Crippen molar-refractivity contribution in [2.45, 2.75) is 32.7 Å². The van der Waals surface area contributed by atoms with Gasteiger partial charge in [0.2, 0.25) is 0 Å². The van der Waals surface area contributed by atoms with E-state index in [0.29, 0.717) is 0 Å². The number of methoxy groups -OCH3 is 1. The van der Waals surface area contributed by atoms with Gasteiger partial charge in [-0.2, -0.15) is 0 Å². The summed E-state index contributed by atoms with van der Waals surface area (Å²) < 4.78 is 11.1. The van der Waals surface area contributed by atoms with Gasteiger partial charge >= 0.3 is 0 Å². The van der Waals surface area contributed by atoms with Gasteiger partial charge in [0, 0.05) is 7.11 Å². The zero-order chi connectivity index (χ0) is 9.12. The van der Waals surface area contributed by atoms with Crippen LogP contribution in [0.25, 0.3) is 0 Å². The number of hydrogen-bond donors (Lipinski definition) is 0. The molecule has 0 bridgehead atoms. The van der Waals surface area contributed by atoms with Crippen LogP contribution in [-0.4, -0.2) is 30.0 Å². The van der Waals surface area contributed by atoms with Crippen LogP contribution in [0.5, 0.6) is 0 Å². The maximum atomic E-state index is 6.02. The summed E-state index contributed by atoms with van der Waals surface area (Å²) in [6, 6.07) is 0. The standard InChI is InChI=1S/C7H20O2Si2/c1-8-7-11(5,6)9-10(2,3)4/h7H2,1-6H3. The van der Waals surface area contributed by atoms with E-state index >= 15 is 0 Å². The molecule has 0 heterocycles. The van der Waals surface area contributed by atoms with Crippen molar-refractivity contribution < 1.29 is 8.85 Å². The van der Waals surface area contributed by atoms with Crippen LogP contribution < -0.4 is 0 Å². The lowest BCUT2D eigenvalue weighted by Crippen LogP contribution is -2.45. The van der Waals surface area contributed by atoms with Gasteiger partial charge < -0.3 is 8.85 Å². The molecular formula is C7H20O2Si2. The highest BCUT2D eigenvalue weighted by molar-refractivity contribution is 6.84. The van der Waals surface area contributed by atoms with E-state index in [4.69, 9.17) is 8.85 Å². The van der Waals surface area contributed by atoms with Crippen LogP contribution in [0.3, 0.4) is 0 Å². The Morgan fingerprint density at radius 2 is 1.45 bits per heavy atom. The molecule has 4 heteroatoms. The summed E-state index contributed by atoms with van der Waals surface area (Å²) in [7, 11) is -1.11. The first-order valence-electron chi connectivity index (χ1n) is 3.96. The normalized spacial score (nSPS) is 13.6. The van der Waals surface area contributed by atoms with E-state index in [9.17, 15) is 0 Å². The van der Waals surface area contributed by atoms with Gasteiger partial charge in [0.25, 0.3) is 0 Å². The average Bonchev–Trinajstić information content (AvgIpc) is 1.55. The molecule has 0 saturated carbocycles. The molecule has 0 aromatic carbocycles.